The Morgan fingerprint density at radius 2 is 1.67 bits per heavy atom. The minimum Gasteiger partial charge on any atom is -0.245 e. The molecule has 1 aromatic heterocycles. The molecule has 1 heterocycles. The molecule has 1 N–H and O–H groups in total. The van der Waals surface area contributed by atoms with Gasteiger partial charge in [-0.05, 0) is 55.7 Å². The van der Waals surface area contributed by atoms with Crippen LogP contribution in [0.5, 0.6) is 0 Å². The fourth-order valence-corrected chi connectivity index (χ4v) is 3.03. The van der Waals surface area contributed by atoms with Gasteiger partial charge in [0.05, 0.1) is 5.71 Å². The number of hydrogen-bond acceptors (Lipinski definition) is 4. The lowest BCUT2D eigenvalue weighted by molar-refractivity contribution is 0.647. The van der Waals surface area contributed by atoms with Crippen molar-refractivity contribution in [3.8, 4) is 0 Å². The maximum Gasteiger partial charge on any atom is 0.243 e. The third-order valence-corrected chi connectivity index (χ3v) is 4.46. The van der Waals surface area contributed by atoms with E-state index in [1.54, 1.807) is 0 Å². The van der Waals surface area contributed by atoms with Crippen LogP contribution >= 0.6 is 0 Å². The van der Waals surface area contributed by atoms with Gasteiger partial charge in [0.15, 0.2) is 0 Å². The molecule has 0 saturated carbocycles. The van der Waals surface area contributed by atoms with Crippen LogP contribution in [0.1, 0.15) is 76.4 Å². The zero-order valence-electron chi connectivity index (χ0n) is 17.5. The van der Waals surface area contributed by atoms with Gasteiger partial charge >= 0.3 is 0 Å². The summed E-state index contributed by atoms with van der Waals surface area (Å²) in [5, 5.41) is 4.52. The summed E-state index contributed by atoms with van der Waals surface area (Å²) in [4.78, 5) is 9.25. The summed E-state index contributed by atoms with van der Waals surface area (Å²) in [5.41, 5.74) is 8.68. The molecule has 4 nitrogen and oxygen atoms in total. The molecule has 0 aliphatic carbocycles. The van der Waals surface area contributed by atoms with E-state index in [1.165, 1.54) is 12.0 Å². The first-order valence-electron chi connectivity index (χ1n) is 10.3. The smallest absolute Gasteiger partial charge is 0.243 e. The van der Waals surface area contributed by atoms with Crippen molar-refractivity contribution in [1.29, 1.82) is 0 Å². The Balaban J connectivity index is 2.11. The van der Waals surface area contributed by atoms with E-state index in [1.807, 2.05) is 6.92 Å². The van der Waals surface area contributed by atoms with Crippen LogP contribution in [0, 0.1) is 5.92 Å². The number of rotatable bonds is 10. The van der Waals surface area contributed by atoms with Crippen molar-refractivity contribution in [2.45, 2.75) is 73.1 Å². The Kier molecular flexibility index (Phi) is 8.43. The summed E-state index contributed by atoms with van der Waals surface area (Å²) in [7, 11) is 0. The van der Waals surface area contributed by atoms with Gasteiger partial charge in [-0.2, -0.15) is 5.10 Å². The molecule has 0 unspecified atom stereocenters. The number of hydrogen-bond donors (Lipinski definition) is 1. The first kappa shape index (κ1) is 21.1. The molecular weight excluding hydrogens is 332 g/mol. The quantitative estimate of drug-likeness (QED) is 0.426. The van der Waals surface area contributed by atoms with Gasteiger partial charge in [0.2, 0.25) is 5.95 Å². The SMILES string of the molecule is CCCCc1cc(CCC)nc(NN=C(C)c2ccc(CC(C)C)cc2)n1. The minimum absolute atomic E-state index is 0.600. The van der Waals surface area contributed by atoms with Crippen molar-refractivity contribution in [1.82, 2.24) is 9.97 Å². The van der Waals surface area contributed by atoms with Crippen LogP contribution < -0.4 is 5.43 Å². The number of anilines is 1. The highest BCUT2D eigenvalue weighted by atomic mass is 15.4. The lowest BCUT2D eigenvalue weighted by Gasteiger charge is -2.09. The monoisotopic (exact) mass is 366 g/mol. The number of hydrazone groups is 1. The topological polar surface area (TPSA) is 50.2 Å². The van der Waals surface area contributed by atoms with Crippen LogP contribution in [-0.2, 0) is 19.3 Å². The predicted molar refractivity (Wildman–Crippen MR) is 115 cm³/mol. The number of benzene rings is 1. The van der Waals surface area contributed by atoms with Crippen molar-refractivity contribution in [2.75, 3.05) is 5.43 Å². The molecule has 0 spiro atoms. The van der Waals surface area contributed by atoms with E-state index in [9.17, 15) is 0 Å². The number of nitrogens with one attached hydrogen (secondary N) is 1. The molecule has 0 aliphatic rings. The van der Waals surface area contributed by atoms with E-state index in [2.05, 4.69) is 78.5 Å². The third kappa shape index (κ3) is 7.12. The maximum absolute atomic E-state index is 4.64. The van der Waals surface area contributed by atoms with Crippen LogP contribution in [0.25, 0.3) is 0 Å². The second-order valence-electron chi connectivity index (χ2n) is 7.63. The number of aromatic nitrogens is 2. The van der Waals surface area contributed by atoms with Gasteiger partial charge in [-0.1, -0.05) is 64.8 Å². The highest BCUT2D eigenvalue weighted by Gasteiger charge is 2.05. The second kappa shape index (κ2) is 10.8. The van der Waals surface area contributed by atoms with E-state index >= 15 is 0 Å². The standard InChI is InChI=1S/C23H34N4/c1-6-8-10-22-16-21(9-7-2)24-23(25-22)27-26-18(5)20-13-11-19(12-14-20)15-17(3)4/h11-14,16-17H,6-10,15H2,1-5H3,(H,24,25,27). The Labute approximate surface area is 164 Å². The molecule has 2 rings (SSSR count). The molecule has 0 fully saturated rings. The molecule has 0 atom stereocenters. The molecular formula is C23H34N4. The third-order valence-electron chi connectivity index (χ3n) is 4.46. The summed E-state index contributed by atoms with van der Waals surface area (Å²) >= 11 is 0. The van der Waals surface area contributed by atoms with Gasteiger partial charge in [-0.25, -0.2) is 15.4 Å². The molecule has 4 heteroatoms. The van der Waals surface area contributed by atoms with E-state index < -0.39 is 0 Å². The largest absolute Gasteiger partial charge is 0.245 e. The normalized spacial score (nSPS) is 11.9. The predicted octanol–water partition coefficient (Wildman–Crippen LogP) is 5.81. The summed E-state index contributed by atoms with van der Waals surface area (Å²) in [6, 6.07) is 10.8. The van der Waals surface area contributed by atoms with Crippen LogP contribution in [-0.4, -0.2) is 15.7 Å². The summed E-state index contributed by atoms with van der Waals surface area (Å²) in [5.74, 6) is 1.27. The van der Waals surface area contributed by atoms with Crippen molar-refractivity contribution in [2.24, 2.45) is 11.0 Å². The number of unbranched alkanes of at least 4 members (excludes halogenated alkanes) is 1. The molecule has 0 saturated heterocycles. The Bertz CT molecular complexity index is 733. The van der Waals surface area contributed by atoms with Crippen molar-refractivity contribution < 1.29 is 0 Å². The zero-order chi connectivity index (χ0) is 19.6. The zero-order valence-corrected chi connectivity index (χ0v) is 17.5. The van der Waals surface area contributed by atoms with Gasteiger partial charge in [0.25, 0.3) is 0 Å². The Hall–Kier alpha value is -2.23. The Morgan fingerprint density at radius 3 is 2.26 bits per heavy atom. The minimum atomic E-state index is 0.600. The fourth-order valence-electron chi connectivity index (χ4n) is 3.03. The van der Waals surface area contributed by atoms with Crippen LogP contribution in [0.2, 0.25) is 0 Å². The number of aryl methyl sites for hydroxylation is 2. The molecule has 146 valence electrons. The highest BCUT2D eigenvalue weighted by molar-refractivity contribution is 5.99. The van der Waals surface area contributed by atoms with Crippen molar-refractivity contribution in [3.63, 3.8) is 0 Å². The molecule has 0 amide bonds. The van der Waals surface area contributed by atoms with Crippen molar-refractivity contribution in [3.05, 3.63) is 52.8 Å². The lowest BCUT2D eigenvalue weighted by atomic mass is 10.0. The van der Waals surface area contributed by atoms with Crippen LogP contribution in [0.4, 0.5) is 5.95 Å². The van der Waals surface area contributed by atoms with Gasteiger partial charge in [0.1, 0.15) is 0 Å². The molecule has 2 aromatic rings. The average molecular weight is 367 g/mol. The summed E-state index contributed by atoms with van der Waals surface area (Å²) < 4.78 is 0. The van der Waals surface area contributed by atoms with Crippen molar-refractivity contribution >= 4 is 11.7 Å². The van der Waals surface area contributed by atoms with Crippen LogP contribution in [0.3, 0.4) is 0 Å². The van der Waals surface area contributed by atoms with E-state index in [4.69, 9.17) is 0 Å². The first-order valence-corrected chi connectivity index (χ1v) is 10.3. The van der Waals surface area contributed by atoms with Crippen LogP contribution in [0.15, 0.2) is 35.4 Å². The first-order chi connectivity index (χ1) is 13.0. The molecule has 0 radical (unpaired) electrons. The molecule has 1 aromatic carbocycles. The Morgan fingerprint density at radius 1 is 1.00 bits per heavy atom. The molecule has 0 aliphatic heterocycles. The second-order valence-corrected chi connectivity index (χ2v) is 7.63. The van der Waals surface area contributed by atoms with Gasteiger partial charge in [-0.3, -0.25) is 0 Å². The average Bonchev–Trinajstić information content (AvgIpc) is 2.65. The highest BCUT2D eigenvalue weighted by Crippen LogP contribution is 2.13. The van der Waals surface area contributed by atoms with E-state index in [0.717, 1.165) is 54.8 Å². The molecule has 27 heavy (non-hydrogen) atoms. The maximum atomic E-state index is 4.64. The van der Waals surface area contributed by atoms with Gasteiger partial charge in [-0.15, -0.1) is 0 Å². The van der Waals surface area contributed by atoms with Gasteiger partial charge < -0.3 is 0 Å². The van der Waals surface area contributed by atoms with E-state index in [0.29, 0.717) is 11.9 Å². The lowest BCUT2D eigenvalue weighted by Crippen LogP contribution is -2.06. The molecule has 0 bridgehead atoms. The van der Waals surface area contributed by atoms with E-state index in [-0.39, 0.29) is 0 Å². The summed E-state index contributed by atoms with van der Waals surface area (Å²) in [6.45, 7) is 10.9. The van der Waals surface area contributed by atoms with Gasteiger partial charge in [0, 0.05) is 11.4 Å². The fraction of sp³-hybridized carbons (Fsp3) is 0.522. The number of nitrogens with zero attached hydrogens (tertiary/aromatic N) is 3. The summed E-state index contributed by atoms with van der Waals surface area (Å²) in [6.07, 6.45) is 6.45.